The molecule has 31 heavy (non-hydrogen) atoms. The number of nitrogens with zero attached hydrogens (tertiary/aromatic N) is 2. The van der Waals surface area contributed by atoms with E-state index in [0.717, 1.165) is 55.3 Å². The highest BCUT2D eigenvalue weighted by Crippen LogP contribution is 2.33. The maximum atomic E-state index is 13.2. The number of aryl methyl sites for hydroxylation is 1. The van der Waals surface area contributed by atoms with Crippen molar-refractivity contribution in [3.05, 3.63) is 66.0 Å². The molecule has 1 atom stereocenters. The second-order valence-corrected chi connectivity index (χ2v) is 8.76. The summed E-state index contributed by atoms with van der Waals surface area (Å²) in [5, 5.41) is 6.95. The first kappa shape index (κ1) is 19.9. The Balaban J connectivity index is 1.28. The number of carbonyl (C=O) groups is 1. The molecule has 0 bridgehead atoms. The van der Waals surface area contributed by atoms with Crippen LogP contribution in [0, 0.1) is 11.8 Å². The molecule has 2 heterocycles. The van der Waals surface area contributed by atoms with Gasteiger partial charge in [-0.25, -0.2) is 0 Å². The molecule has 1 aliphatic heterocycles. The van der Waals surface area contributed by atoms with E-state index in [1.165, 1.54) is 29.5 Å². The first-order valence-electron chi connectivity index (χ1n) is 11.4. The summed E-state index contributed by atoms with van der Waals surface area (Å²) < 4.78 is 5.92. The van der Waals surface area contributed by atoms with Crippen molar-refractivity contribution in [2.45, 2.75) is 39.0 Å². The fourth-order valence-electron chi connectivity index (χ4n) is 4.45. The number of benzene rings is 2. The average molecular weight is 416 g/mol. The Labute approximate surface area is 183 Å². The van der Waals surface area contributed by atoms with E-state index in [2.05, 4.69) is 47.5 Å². The molecule has 2 fully saturated rings. The molecule has 2 aliphatic rings. The maximum Gasteiger partial charge on any atom is 0.230 e. The Hall–Kier alpha value is -3.08. The molecule has 1 aliphatic carbocycles. The highest BCUT2D eigenvalue weighted by atomic mass is 16.5. The van der Waals surface area contributed by atoms with Gasteiger partial charge >= 0.3 is 0 Å². The minimum absolute atomic E-state index is 0.0253. The van der Waals surface area contributed by atoms with E-state index in [1.54, 1.807) is 0 Å². The third kappa shape index (κ3) is 4.36. The van der Waals surface area contributed by atoms with Crippen LogP contribution in [0.15, 0.2) is 54.9 Å². The Morgan fingerprint density at radius 1 is 1.16 bits per heavy atom. The van der Waals surface area contributed by atoms with E-state index in [4.69, 9.17) is 4.74 Å². The number of hydrogen-bond donors (Lipinski definition) is 1. The van der Waals surface area contributed by atoms with Crippen LogP contribution in [-0.2, 0) is 17.6 Å². The van der Waals surface area contributed by atoms with Crippen LogP contribution < -0.4 is 9.64 Å². The van der Waals surface area contributed by atoms with Gasteiger partial charge in [0, 0.05) is 29.9 Å². The molecule has 1 saturated heterocycles. The van der Waals surface area contributed by atoms with Crippen molar-refractivity contribution in [2.24, 2.45) is 11.8 Å². The number of amides is 1. The van der Waals surface area contributed by atoms with E-state index in [9.17, 15) is 4.79 Å². The van der Waals surface area contributed by atoms with Gasteiger partial charge in [0.15, 0.2) is 0 Å². The van der Waals surface area contributed by atoms with Crippen LogP contribution >= 0.6 is 0 Å². The Morgan fingerprint density at radius 2 is 2.06 bits per heavy atom. The second-order valence-electron chi connectivity index (χ2n) is 8.76. The van der Waals surface area contributed by atoms with Crippen molar-refractivity contribution in [3.8, 4) is 16.9 Å². The molecule has 1 unspecified atom stereocenters. The lowest BCUT2D eigenvalue weighted by molar-refractivity contribution is -0.120. The monoisotopic (exact) mass is 415 g/mol. The fraction of sp³-hybridized carbons (Fsp3) is 0.385. The lowest BCUT2D eigenvalue weighted by Crippen LogP contribution is -2.27. The number of carbonyl (C=O) groups excluding carboxylic acids is 1. The van der Waals surface area contributed by atoms with Crippen LogP contribution in [0.5, 0.6) is 5.75 Å². The number of H-pyrrole nitrogens is 1. The molecule has 3 aromatic rings. The van der Waals surface area contributed by atoms with Gasteiger partial charge < -0.3 is 9.64 Å². The van der Waals surface area contributed by atoms with Crippen molar-refractivity contribution in [2.75, 3.05) is 18.1 Å². The molecule has 160 valence electrons. The summed E-state index contributed by atoms with van der Waals surface area (Å²) >= 11 is 0. The summed E-state index contributed by atoms with van der Waals surface area (Å²) in [4.78, 5) is 15.2. The summed E-state index contributed by atoms with van der Waals surface area (Å²) in [6, 6.07) is 14.6. The molecule has 0 radical (unpaired) electrons. The number of anilines is 1. The van der Waals surface area contributed by atoms with Gasteiger partial charge in [0.1, 0.15) is 5.75 Å². The number of rotatable bonds is 8. The predicted octanol–water partition coefficient (Wildman–Crippen LogP) is 5.02. The third-order valence-electron chi connectivity index (χ3n) is 6.47. The van der Waals surface area contributed by atoms with Crippen molar-refractivity contribution < 1.29 is 9.53 Å². The molecule has 2 aromatic carbocycles. The maximum absolute atomic E-state index is 13.2. The predicted molar refractivity (Wildman–Crippen MR) is 122 cm³/mol. The lowest BCUT2D eigenvalue weighted by atomic mass is 9.97. The van der Waals surface area contributed by atoms with Crippen molar-refractivity contribution in [3.63, 3.8) is 0 Å². The van der Waals surface area contributed by atoms with Crippen LogP contribution in [0.25, 0.3) is 11.1 Å². The molecule has 5 nitrogen and oxygen atoms in total. The van der Waals surface area contributed by atoms with Crippen LogP contribution in [0.4, 0.5) is 5.69 Å². The third-order valence-corrected chi connectivity index (χ3v) is 6.47. The number of aromatic nitrogens is 2. The normalized spacial score (nSPS) is 18.5. The van der Waals surface area contributed by atoms with E-state index in [0.29, 0.717) is 0 Å². The molecule has 0 spiro atoms. The molecule has 1 N–H and O–H groups in total. The Morgan fingerprint density at radius 3 is 2.84 bits per heavy atom. The summed E-state index contributed by atoms with van der Waals surface area (Å²) in [5.41, 5.74) is 5.66. The van der Waals surface area contributed by atoms with Gasteiger partial charge in [-0.2, -0.15) is 5.10 Å². The highest BCUT2D eigenvalue weighted by Gasteiger charge is 2.33. The molecule has 1 saturated carbocycles. The van der Waals surface area contributed by atoms with Crippen molar-refractivity contribution >= 4 is 11.6 Å². The number of ether oxygens (including phenoxy) is 1. The topological polar surface area (TPSA) is 58.2 Å². The van der Waals surface area contributed by atoms with Gasteiger partial charge in [0.05, 0.1) is 12.8 Å². The van der Waals surface area contributed by atoms with Crippen LogP contribution in [0.3, 0.4) is 0 Å². The van der Waals surface area contributed by atoms with E-state index < -0.39 is 0 Å². The molecule has 1 amide bonds. The van der Waals surface area contributed by atoms with Gasteiger partial charge in [-0.1, -0.05) is 25.1 Å². The summed E-state index contributed by atoms with van der Waals surface area (Å²) in [6.07, 6.45) is 8.89. The van der Waals surface area contributed by atoms with Gasteiger partial charge in [-0.05, 0) is 79.0 Å². The van der Waals surface area contributed by atoms with Crippen molar-refractivity contribution in [1.82, 2.24) is 10.2 Å². The quantitative estimate of drug-likeness (QED) is 0.562. The van der Waals surface area contributed by atoms with Crippen LogP contribution in [0.2, 0.25) is 0 Å². The van der Waals surface area contributed by atoms with Crippen molar-refractivity contribution in [1.29, 1.82) is 0 Å². The first-order valence-corrected chi connectivity index (χ1v) is 11.4. The zero-order valence-corrected chi connectivity index (χ0v) is 18.0. The van der Waals surface area contributed by atoms with E-state index in [1.807, 2.05) is 29.4 Å². The Bertz CT molecular complexity index is 1060. The Kier molecular flexibility index (Phi) is 5.49. The zero-order valence-electron chi connectivity index (χ0n) is 18.0. The molecule has 1 aromatic heterocycles. The summed E-state index contributed by atoms with van der Waals surface area (Å²) in [6.45, 7) is 3.74. The van der Waals surface area contributed by atoms with Gasteiger partial charge in [-0.3, -0.25) is 9.89 Å². The first-order chi connectivity index (χ1) is 15.2. The summed E-state index contributed by atoms with van der Waals surface area (Å²) in [7, 11) is 0. The van der Waals surface area contributed by atoms with Crippen LogP contribution in [-0.4, -0.2) is 29.3 Å². The zero-order chi connectivity index (χ0) is 21.2. The second kappa shape index (κ2) is 8.58. The molecular formula is C26H29N3O2. The molecular weight excluding hydrogens is 386 g/mol. The standard InChI is InChI=1S/C26H29N3O2/c1-2-20-14-23(8-9-25(20)22-15-27-28-16-22)29-11-10-21(26(29)30)12-19-4-3-5-24(13-19)31-17-18-6-7-18/h3-5,8-9,13-16,18,21H,2,6-7,10-12,17H2,1H3,(H,27,28). The minimum atomic E-state index is 0.0253. The fourth-order valence-corrected chi connectivity index (χ4v) is 4.45. The van der Waals surface area contributed by atoms with Gasteiger partial charge in [0.2, 0.25) is 5.91 Å². The smallest absolute Gasteiger partial charge is 0.230 e. The number of aromatic amines is 1. The largest absolute Gasteiger partial charge is 0.493 e. The van der Waals surface area contributed by atoms with Crippen LogP contribution in [0.1, 0.15) is 37.3 Å². The number of hydrogen-bond acceptors (Lipinski definition) is 3. The summed E-state index contributed by atoms with van der Waals surface area (Å²) in [5.74, 6) is 1.91. The van der Waals surface area contributed by atoms with E-state index in [-0.39, 0.29) is 11.8 Å². The van der Waals surface area contributed by atoms with Gasteiger partial charge in [0.25, 0.3) is 0 Å². The average Bonchev–Trinajstić information content (AvgIpc) is 3.33. The SMILES string of the molecule is CCc1cc(N2CCC(Cc3cccc(OCC4CC4)c3)C2=O)ccc1-c1cn[nH]c1. The molecule has 5 rings (SSSR count). The minimum Gasteiger partial charge on any atom is -0.493 e. The lowest BCUT2D eigenvalue weighted by Gasteiger charge is -2.19. The molecule has 5 heteroatoms. The van der Waals surface area contributed by atoms with E-state index >= 15 is 0 Å². The number of nitrogens with one attached hydrogen (secondary N) is 1. The van der Waals surface area contributed by atoms with Gasteiger partial charge in [-0.15, -0.1) is 0 Å². The highest BCUT2D eigenvalue weighted by molar-refractivity contribution is 5.97.